The first-order valence-electron chi connectivity index (χ1n) is 8.04. The van der Waals surface area contributed by atoms with Gasteiger partial charge < -0.3 is 10.1 Å². The van der Waals surface area contributed by atoms with E-state index < -0.39 is 0 Å². The summed E-state index contributed by atoms with van der Waals surface area (Å²) in [4.78, 5) is 19.6. The van der Waals surface area contributed by atoms with Gasteiger partial charge in [0.25, 0.3) is 5.56 Å². The third-order valence-corrected chi connectivity index (χ3v) is 4.25. The lowest BCUT2D eigenvalue weighted by Gasteiger charge is -2.11. The van der Waals surface area contributed by atoms with Gasteiger partial charge in [-0.1, -0.05) is 54.6 Å². The molecule has 4 nitrogen and oxygen atoms in total. The Hall–Kier alpha value is -3.24. The maximum Gasteiger partial charge on any atom is 0.257 e. The first kappa shape index (κ1) is 15.3. The Bertz CT molecular complexity index is 1080. The summed E-state index contributed by atoms with van der Waals surface area (Å²) in [6.07, 6.45) is 1.61. The largest absolute Gasteiger partial charge is 0.392 e. The molecule has 4 rings (SSSR count). The second-order valence-electron chi connectivity index (χ2n) is 5.85. The van der Waals surface area contributed by atoms with Gasteiger partial charge in [0.1, 0.15) is 0 Å². The summed E-state index contributed by atoms with van der Waals surface area (Å²) in [5, 5.41) is 9.82. The highest BCUT2D eigenvalue weighted by molar-refractivity contribution is 5.91. The van der Waals surface area contributed by atoms with Crippen LogP contribution in [0.4, 0.5) is 0 Å². The molecule has 0 aliphatic heterocycles. The van der Waals surface area contributed by atoms with Crippen molar-refractivity contribution in [2.75, 3.05) is 0 Å². The lowest BCUT2D eigenvalue weighted by molar-refractivity contribution is 0.282. The molecule has 2 aromatic heterocycles. The van der Waals surface area contributed by atoms with E-state index in [2.05, 4.69) is 4.98 Å². The molecule has 0 amide bonds. The number of aromatic nitrogens is 2. The van der Waals surface area contributed by atoms with Crippen molar-refractivity contribution in [3.63, 3.8) is 0 Å². The van der Waals surface area contributed by atoms with Gasteiger partial charge in [0.15, 0.2) is 0 Å². The van der Waals surface area contributed by atoms with Crippen LogP contribution in [0.3, 0.4) is 0 Å². The van der Waals surface area contributed by atoms with E-state index in [4.69, 9.17) is 4.98 Å². The molecule has 122 valence electrons. The SMILES string of the molecule is O=c1[nH]ccc2nc(-c3ccc(CO)cc3)c(-c3ccccc3)cc12. The van der Waals surface area contributed by atoms with Gasteiger partial charge in [0, 0.05) is 17.3 Å². The molecule has 0 bridgehead atoms. The van der Waals surface area contributed by atoms with E-state index >= 15 is 0 Å². The van der Waals surface area contributed by atoms with Gasteiger partial charge >= 0.3 is 0 Å². The zero-order valence-electron chi connectivity index (χ0n) is 13.4. The van der Waals surface area contributed by atoms with Gasteiger partial charge in [0.2, 0.25) is 0 Å². The lowest BCUT2D eigenvalue weighted by Crippen LogP contribution is -2.06. The van der Waals surface area contributed by atoms with Crippen molar-refractivity contribution in [3.8, 4) is 22.4 Å². The smallest absolute Gasteiger partial charge is 0.257 e. The van der Waals surface area contributed by atoms with Crippen LogP contribution in [0.15, 0.2) is 77.7 Å². The van der Waals surface area contributed by atoms with Crippen LogP contribution in [-0.2, 0) is 6.61 Å². The zero-order valence-corrected chi connectivity index (χ0v) is 13.4. The highest BCUT2D eigenvalue weighted by Gasteiger charge is 2.12. The Morgan fingerprint density at radius 2 is 1.68 bits per heavy atom. The van der Waals surface area contributed by atoms with E-state index in [0.29, 0.717) is 10.9 Å². The van der Waals surface area contributed by atoms with Gasteiger partial charge in [-0.15, -0.1) is 0 Å². The fraction of sp³-hybridized carbons (Fsp3) is 0.0476. The maximum absolute atomic E-state index is 12.2. The predicted molar refractivity (Wildman–Crippen MR) is 99.2 cm³/mol. The lowest BCUT2D eigenvalue weighted by atomic mass is 9.97. The van der Waals surface area contributed by atoms with Crippen molar-refractivity contribution >= 4 is 10.9 Å². The third kappa shape index (κ3) is 2.84. The fourth-order valence-corrected chi connectivity index (χ4v) is 2.94. The number of aliphatic hydroxyl groups is 1. The average Bonchev–Trinajstić information content (AvgIpc) is 2.68. The highest BCUT2D eigenvalue weighted by atomic mass is 16.3. The van der Waals surface area contributed by atoms with E-state index in [1.807, 2.05) is 60.7 Å². The van der Waals surface area contributed by atoms with Crippen molar-refractivity contribution in [1.29, 1.82) is 0 Å². The van der Waals surface area contributed by atoms with Crippen LogP contribution in [0.5, 0.6) is 0 Å². The number of aromatic amines is 1. The third-order valence-electron chi connectivity index (χ3n) is 4.25. The van der Waals surface area contributed by atoms with E-state index in [-0.39, 0.29) is 12.2 Å². The molecule has 0 spiro atoms. The second-order valence-corrected chi connectivity index (χ2v) is 5.85. The number of hydrogen-bond acceptors (Lipinski definition) is 3. The van der Waals surface area contributed by atoms with Crippen LogP contribution in [0.25, 0.3) is 33.3 Å². The Labute approximate surface area is 144 Å². The fourth-order valence-electron chi connectivity index (χ4n) is 2.94. The topological polar surface area (TPSA) is 66.0 Å². The predicted octanol–water partition coefficient (Wildman–Crippen LogP) is 3.75. The molecule has 0 atom stereocenters. The number of nitrogens with zero attached hydrogens (tertiary/aromatic N) is 1. The number of benzene rings is 2. The summed E-state index contributed by atoms with van der Waals surface area (Å²) < 4.78 is 0. The summed E-state index contributed by atoms with van der Waals surface area (Å²) >= 11 is 0. The molecule has 2 N–H and O–H groups in total. The number of rotatable bonds is 3. The molecule has 0 saturated heterocycles. The van der Waals surface area contributed by atoms with Crippen molar-refractivity contribution in [3.05, 3.63) is 88.8 Å². The number of hydrogen-bond donors (Lipinski definition) is 2. The van der Waals surface area contributed by atoms with E-state index in [0.717, 1.165) is 27.9 Å². The van der Waals surface area contributed by atoms with Crippen molar-refractivity contribution < 1.29 is 5.11 Å². The molecular weight excluding hydrogens is 312 g/mol. The van der Waals surface area contributed by atoms with Gasteiger partial charge in [0.05, 0.1) is 23.2 Å². The molecule has 0 fully saturated rings. The summed E-state index contributed by atoms with van der Waals surface area (Å²) in [6, 6.07) is 21.3. The van der Waals surface area contributed by atoms with Crippen LogP contribution >= 0.6 is 0 Å². The van der Waals surface area contributed by atoms with Crippen LogP contribution in [0.2, 0.25) is 0 Å². The minimum atomic E-state index is -0.149. The van der Waals surface area contributed by atoms with E-state index in [1.165, 1.54) is 0 Å². The molecule has 2 heterocycles. The normalized spacial score (nSPS) is 10.9. The number of nitrogens with one attached hydrogen (secondary N) is 1. The Kier molecular flexibility index (Phi) is 3.88. The van der Waals surface area contributed by atoms with Gasteiger partial charge in [-0.05, 0) is 23.3 Å². The average molecular weight is 328 g/mol. The standard InChI is InChI=1S/C21H16N2O2/c24-13-14-6-8-16(9-7-14)20-17(15-4-2-1-3-5-15)12-18-19(23-20)10-11-22-21(18)25/h1-12,24H,13H2,(H,22,25). The van der Waals surface area contributed by atoms with Gasteiger partial charge in [-0.25, -0.2) is 4.98 Å². The first-order chi connectivity index (χ1) is 12.3. The molecule has 0 radical (unpaired) electrons. The molecular formula is C21H16N2O2. The molecule has 0 aliphatic carbocycles. The monoisotopic (exact) mass is 328 g/mol. The van der Waals surface area contributed by atoms with Gasteiger partial charge in [-0.2, -0.15) is 0 Å². The number of aliphatic hydroxyl groups excluding tert-OH is 1. The van der Waals surface area contributed by atoms with Crippen LogP contribution < -0.4 is 5.56 Å². The maximum atomic E-state index is 12.2. The minimum absolute atomic E-state index is 0.00630. The number of H-pyrrole nitrogens is 1. The second kappa shape index (κ2) is 6.34. The number of fused-ring (bicyclic) bond motifs is 1. The highest BCUT2D eigenvalue weighted by Crippen LogP contribution is 2.32. The Morgan fingerprint density at radius 1 is 0.920 bits per heavy atom. The molecule has 4 heteroatoms. The minimum Gasteiger partial charge on any atom is -0.392 e. The van der Waals surface area contributed by atoms with Crippen molar-refractivity contribution in [2.45, 2.75) is 6.61 Å². The van der Waals surface area contributed by atoms with Gasteiger partial charge in [-0.3, -0.25) is 4.79 Å². The van der Waals surface area contributed by atoms with Crippen LogP contribution in [-0.4, -0.2) is 15.1 Å². The quantitative estimate of drug-likeness (QED) is 0.602. The Balaban J connectivity index is 2.02. The van der Waals surface area contributed by atoms with E-state index in [1.54, 1.807) is 12.3 Å². The van der Waals surface area contributed by atoms with Crippen LogP contribution in [0.1, 0.15) is 5.56 Å². The summed E-state index contributed by atoms with van der Waals surface area (Å²) in [6.45, 7) is 0.00630. The zero-order chi connectivity index (χ0) is 17.2. The summed E-state index contributed by atoms with van der Waals surface area (Å²) in [7, 11) is 0. The Morgan fingerprint density at radius 3 is 2.40 bits per heavy atom. The molecule has 0 saturated carbocycles. The van der Waals surface area contributed by atoms with Crippen molar-refractivity contribution in [1.82, 2.24) is 9.97 Å². The molecule has 0 aliphatic rings. The van der Waals surface area contributed by atoms with E-state index in [9.17, 15) is 9.90 Å². The van der Waals surface area contributed by atoms with Crippen molar-refractivity contribution in [2.24, 2.45) is 0 Å². The summed E-state index contributed by atoms with van der Waals surface area (Å²) in [5.74, 6) is 0. The summed E-state index contributed by atoms with van der Waals surface area (Å²) in [5.41, 5.74) is 5.02. The first-order valence-corrected chi connectivity index (χ1v) is 8.04. The number of pyridine rings is 2. The van der Waals surface area contributed by atoms with Crippen LogP contribution in [0, 0.1) is 0 Å². The molecule has 4 aromatic rings. The molecule has 25 heavy (non-hydrogen) atoms. The molecule has 0 unspecified atom stereocenters. The molecule has 2 aromatic carbocycles.